The zero-order chi connectivity index (χ0) is 16.2. The Kier molecular flexibility index (Phi) is 4.50. The van der Waals surface area contributed by atoms with Crippen LogP contribution >= 0.6 is 0 Å². The quantitative estimate of drug-likeness (QED) is 0.853. The summed E-state index contributed by atoms with van der Waals surface area (Å²) >= 11 is 0. The summed E-state index contributed by atoms with van der Waals surface area (Å²) in [6, 6.07) is 13.3. The monoisotopic (exact) mass is 296 g/mol. The molecule has 4 nitrogen and oxygen atoms in total. The fourth-order valence-corrected chi connectivity index (χ4v) is 1.63. The van der Waals surface area contributed by atoms with Crippen molar-refractivity contribution in [3.05, 3.63) is 59.7 Å². The van der Waals surface area contributed by atoms with Crippen LogP contribution in [0.25, 0.3) is 0 Å². The number of ether oxygens (including phenoxy) is 1. The number of carbonyl (C=O) groups is 1. The van der Waals surface area contributed by atoms with Gasteiger partial charge in [-0.05, 0) is 62.4 Å². The molecule has 2 aromatic carbocycles. The summed E-state index contributed by atoms with van der Waals surface area (Å²) in [6.45, 7) is 3.25. The van der Waals surface area contributed by atoms with Crippen LogP contribution in [-0.4, -0.2) is 21.8 Å². The first-order chi connectivity index (χ1) is 10.3. The smallest absolute Gasteiger partial charge is 0.335 e. The van der Waals surface area contributed by atoms with E-state index in [-0.39, 0.29) is 5.56 Å². The van der Waals surface area contributed by atoms with Crippen LogP contribution in [-0.2, 0) is 0 Å². The lowest BCUT2D eigenvalue weighted by Gasteiger charge is -2.07. The number of benzene rings is 2. The van der Waals surface area contributed by atoms with Gasteiger partial charge >= 0.3 is 5.97 Å². The minimum atomic E-state index is -1.03. The Labute approximate surface area is 129 Å². The Morgan fingerprint density at radius 3 is 1.95 bits per heavy atom. The topological polar surface area (TPSA) is 66.8 Å². The van der Waals surface area contributed by atoms with E-state index >= 15 is 0 Å². The van der Waals surface area contributed by atoms with Crippen LogP contribution in [0.2, 0.25) is 0 Å². The highest BCUT2D eigenvalue weighted by Gasteiger charge is 2.06. The van der Waals surface area contributed by atoms with Crippen molar-refractivity contribution < 1.29 is 19.7 Å². The highest BCUT2D eigenvalue weighted by Crippen LogP contribution is 2.22. The van der Waals surface area contributed by atoms with Gasteiger partial charge in [0.25, 0.3) is 0 Å². The van der Waals surface area contributed by atoms with E-state index in [2.05, 4.69) is 11.8 Å². The third-order valence-electron chi connectivity index (χ3n) is 2.70. The Morgan fingerprint density at radius 2 is 1.50 bits per heavy atom. The molecule has 2 aromatic rings. The first-order valence-electron chi connectivity index (χ1n) is 6.70. The highest BCUT2D eigenvalue weighted by molar-refractivity contribution is 5.87. The molecule has 0 radical (unpaired) electrons. The van der Waals surface area contributed by atoms with Gasteiger partial charge in [-0.3, -0.25) is 0 Å². The zero-order valence-corrected chi connectivity index (χ0v) is 12.3. The van der Waals surface area contributed by atoms with Gasteiger partial charge in [-0.1, -0.05) is 11.8 Å². The minimum Gasteiger partial charge on any atom is -0.478 e. The van der Waals surface area contributed by atoms with Crippen molar-refractivity contribution in [2.75, 3.05) is 0 Å². The van der Waals surface area contributed by atoms with E-state index < -0.39 is 11.6 Å². The second kappa shape index (κ2) is 6.33. The summed E-state index contributed by atoms with van der Waals surface area (Å²) in [7, 11) is 0. The number of aromatic carboxylic acids is 1. The molecule has 0 spiro atoms. The first-order valence-corrected chi connectivity index (χ1v) is 6.70. The van der Waals surface area contributed by atoms with Gasteiger partial charge in [0, 0.05) is 5.56 Å². The van der Waals surface area contributed by atoms with Gasteiger partial charge < -0.3 is 14.9 Å². The first kappa shape index (κ1) is 15.6. The molecule has 0 aliphatic heterocycles. The van der Waals surface area contributed by atoms with Crippen LogP contribution in [0.4, 0.5) is 0 Å². The van der Waals surface area contributed by atoms with E-state index in [1.165, 1.54) is 12.1 Å². The summed E-state index contributed by atoms with van der Waals surface area (Å²) in [5.74, 6) is 5.81. The third-order valence-corrected chi connectivity index (χ3v) is 2.70. The molecule has 0 aliphatic rings. The van der Waals surface area contributed by atoms with Gasteiger partial charge in [-0.25, -0.2) is 4.79 Å². The fourth-order valence-electron chi connectivity index (χ4n) is 1.63. The maximum Gasteiger partial charge on any atom is 0.335 e. The number of carboxylic acid groups (broad SMARTS) is 1. The molecule has 0 amide bonds. The lowest BCUT2D eigenvalue weighted by Crippen LogP contribution is -2.14. The van der Waals surface area contributed by atoms with Crippen LogP contribution in [0.15, 0.2) is 48.5 Å². The van der Waals surface area contributed by atoms with Gasteiger partial charge in [0.2, 0.25) is 0 Å². The van der Waals surface area contributed by atoms with Gasteiger partial charge in [0.15, 0.2) is 0 Å². The minimum absolute atomic E-state index is 0.213. The van der Waals surface area contributed by atoms with Crippen LogP contribution in [0.1, 0.15) is 29.8 Å². The number of rotatable bonds is 3. The average molecular weight is 296 g/mol. The molecule has 22 heavy (non-hydrogen) atoms. The van der Waals surface area contributed by atoms with E-state index in [9.17, 15) is 9.90 Å². The lowest BCUT2D eigenvalue weighted by atomic mass is 10.1. The van der Waals surface area contributed by atoms with Crippen molar-refractivity contribution in [2.45, 2.75) is 19.4 Å². The van der Waals surface area contributed by atoms with Crippen molar-refractivity contribution in [3.8, 4) is 23.3 Å². The molecular weight excluding hydrogens is 280 g/mol. The van der Waals surface area contributed by atoms with E-state index in [0.717, 1.165) is 5.56 Å². The van der Waals surface area contributed by atoms with E-state index in [1.807, 2.05) is 0 Å². The fraction of sp³-hybridized carbons (Fsp3) is 0.167. The molecular formula is C18H16O4. The molecule has 0 saturated heterocycles. The largest absolute Gasteiger partial charge is 0.478 e. The van der Waals surface area contributed by atoms with Crippen molar-refractivity contribution in [1.29, 1.82) is 0 Å². The van der Waals surface area contributed by atoms with Crippen LogP contribution < -0.4 is 4.74 Å². The van der Waals surface area contributed by atoms with Crippen LogP contribution in [0, 0.1) is 11.8 Å². The van der Waals surface area contributed by atoms with Gasteiger partial charge in [-0.15, -0.1) is 0 Å². The summed E-state index contributed by atoms with van der Waals surface area (Å²) in [4.78, 5) is 10.8. The number of aliphatic hydroxyl groups is 1. The molecule has 2 N–H and O–H groups in total. The van der Waals surface area contributed by atoms with Crippen molar-refractivity contribution in [3.63, 3.8) is 0 Å². The lowest BCUT2D eigenvalue weighted by molar-refractivity contribution is 0.0697. The van der Waals surface area contributed by atoms with Crippen LogP contribution in [0.3, 0.4) is 0 Å². The average Bonchev–Trinajstić information content (AvgIpc) is 2.46. The van der Waals surface area contributed by atoms with E-state index in [0.29, 0.717) is 11.5 Å². The second-order valence-electron chi connectivity index (χ2n) is 5.26. The van der Waals surface area contributed by atoms with E-state index in [4.69, 9.17) is 9.84 Å². The Bertz CT molecular complexity index is 711. The number of carboxylic acids is 1. The molecule has 0 saturated carbocycles. The predicted octanol–water partition coefficient (Wildman–Crippen LogP) is 3.30. The molecule has 0 bridgehead atoms. The van der Waals surface area contributed by atoms with E-state index in [1.54, 1.807) is 50.2 Å². The van der Waals surface area contributed by atoms with Crippen molar-refractivity contribution in [1.82, 2.24) is 0 Å². The third kappa shape index (κ3) is 4.65. The van der Waals surface area contributed by atoms with Crippen molar-refractivity contribution >= 4 is 5.97 Å². The summed E-state index contributed by atoms with van der Waals surface area (Å²) < 4.78 is 5.62. The Balaban J connectivity index is 2.07. The van der Waals surface area contributed by atoms with Crippen LogP contribution in [0.5, 0.6) is 11.5 Å². The summed E-state index contributed by atoms with van der Waals surface area (Å²) in [5, 5.41) is 18.4. The summed E-state index contributed by atoms with van der Waals surface area (Å²) in [5.41, 5.74) is -0.0403. The second-order valence-corrected chi connectivity index (χ2v) is 5.26. The molecule has 0 aliphatic carbocycles. The maximum atomic E-state index is 10.8. The summed E-state index contributed by atoms with van der Waals surface area (Å²) in [6.07, 6.45) is 0. The molecule has 0 atom stereocenters. The maximum absolute atomic E-state index is 10.8. The number of hydrogen-bond acceptors (Lipinski definition) is 3. The molecule has 0 fully saturated rings. The SMILES string of the molecule is CC(C)(O)C#Cc1ccc(Oc2ccc(C(=O)O)cc2)cc1. The predicted molar refractivity (Wildman–Crippen MR) is 83.1 cm³/mol. The van der Waals surface area contributed by atoms with Crippen molar-refractivity contribution in [2.24, 2.45) is 0 Å². The Morgan fingerprint density at radius 1 is 1.00 bits per heavy atom. The molecule has 0 heterocycles. The Hall–Kier alpha value is -2.77. The standard InChI is InChI=1S/C18H16O4/c1-18(2,21)12-11-13-3-7-15(8-4-13)22-16-9-5-14(6-10-16)17(19)20/h3-10,21H,1-2H3,(H,19,20). The molecule has 2 rings (SSSR count). The van der Waals surface area contributed by atoms with Gasteiger partial charge in [0.05, 0.1) is 5.56 Å². The molecule has 0 unspecified atom stereocenters. The van der Waals surface area contributed by atoms with Gasteiger partial charge in [-0.2, -0.15) is 0 Å². The molecule has 4 heteroatoms. The number of hydrogen-bond donors (Lipinski definition) is 2. The highest BCUT2D eigenvalue weighted by atomic mass is 16.5. The molecule has 112 valence electrons. The van der Waals surface area contributed by atoms with Gasteiger partial charge in [0.1, 0.15) is 17.1 Å². The zero-order valence-electron chi connectivity index (χ0n) is 12.3. The molecule has 0 aromatic heterocycles. The normalized spacial score (nSPS) is 10.5.